The highest BCUT2D eigenvalue weighted by Crippen LogP contribution is 2.30. The van der Waals surface area contributed by atoms with Crippen LogP contribution in [0.4, 0.5) is 0 Å². The molecule has 1 saturated heterocycles. The van der Waals surface area contributed by atoms with E-state index in [9.17, 15) is 13.2 Å². The number of ether oxygens (including phenoxy) is 2. The Morgan fingerprint density at radius 1 is 1.07 bits per heavy atom. The molecule has 0 bridgehead atoms. The zero-order chi connectivity index (χ0) is 20.4. The summed E-state index contributed by atoms with van der Waals surface area (Å²) in [5.41, 5.74) is 0.264. The van der Waals surface area contributed by atoms with Crippen LogP contribution in [0, 0.1) is 0 Å². The van der Waals surface area contributed by atoms with Crippen LogP contribution >= 0.6 is 0 Å². The van der Waals surface area contributed by atoms with Gasteiger partial charge in [-0.25, -0.2) is 12.7 Å². The SMILES string of the molecule is COc1cccc(OC2CCN(CCCN3C(=O)c4ccccc4S3(=O)=O)C2)c1. The van der Waals surface area contributed by atoms with Gasteiger partial charge in [0.2, 0.25) is 0 Å². The van der Waals surface area contributed by atoms with E-state index >= 15 is 0 Å². The molecule has 1 unspecified atom stereocenters. The van der Waals surface area contributed by atoms with E-state index in [1.807, 2.05) is 24.3 Å². The zero-order valence-corrected chi connectivity index (χ0v) is 17.1. The van der Waals surface area contributed by atoms with Crippen molar-refractivity contribution in [3.8, 4) is 11.5 Å². The number of likely N-dealkylation sites (tertiary alicyclic amines) is 1. The molecule has 2 aliphatic rings. The van der Waals surface area contributed by atoms with Crippen molar-refractivity contribution in [2.24, 2.45) is 0 Å². The van der Waals surface area contributed by atoms with E-state index in [4.69, 9.17) is 9.47 Å². The number of carbonyl (C=O) groups excluding carboxylic acids is 1. The molecular weight excluding hydrogens is 392 g/mol. The molecule has 1 amide bonds. The monoisotopic (exact) mass is 416 g/mol. The third-order valence-electron chi connectivity index (χ3n) is 5.32. The molecule has 1 fully saturated rings. The first-order chi connectivity index (χ1) is 14.0. The molecule has 0 radical (unpaired) electrons. The Labute approximate surface area is 170 Å². The predicted octanol–water partition coefficient (Wildman–Crippen LogP) is 2.38. The van der Waals surface area contributed by atoms with Gasteiger partial charge in [0.15, 0.2) is 0 Å². The highest BCUT2D eigenvalue weighted by atomic mass is 32.2. The number of carbonyl (C=O) groups is 1. The summed E-state index contributed by atoms with van der Waals surface area (Å²) in [7, 11) is -2.10. The van der Waals surface area contributed by atoms with Gasteiger partial charge in [-0.1, -0.05) is 18.2 Å². The molecule has 8 heteroatoms. The summed E-state index contributed by atoms with van der Waals surface area (Å²) >= 11 is 0. The van der Waals surface area contributed by atoms with Crippen LogP contribution < -0.4 is 9.47 Å². The van der Waals surface area contributed by atoms with Crippen LogP contribution in [-0.2, 0) is 10.0 Å². The summed E-state index contributed by atoms with van der Waals surface area (Å²) < 4.78 is 37.4. The lowest BCUT2D eigenvalue weighted by atomic mass is 10.2. The largest absolute Gasteiger partial charge is 0.497 e. The summed E-state index contributed by atoms with van der Waals surface area (Å²) in [6.45, 7) is 2.56. The molecule has 29 heavy (non-hydrogen) atoms. The Balaban J connectivity index is 1.28. The molecule has 0 N–H and O–H groups in total. The first-order valence-electron chi connectivity index (χ1n) is 9.68. The Kier molecular flexibility index (Phi) is 5.47. The van der Waals surface area contributed by atoms with Gasteiger partial charge in [-0.15, -0.1) is 0 Å². The minimum atomic E-state index is -3.72. The molecule has 2 aromatic rings. The number of methoxy groups -OCH3 is 1. The van der Waals surface area contributed by atoms with Crippen molar-refractivity contribution in [1.82, 2.24) is 9.21 Å². The fraction of sp³-hybridized carbons (Fsp3) is 0.381. The fourth-order valence-corrected chi connectivity index (χ4v) is 5.46. The Morgan fingerprint density at radius 2 is 1.86 bits per heavy atom. The number of rotatable bonds is 7. The number of fused-ring (bicyclic) bond motifs is 1. The lowest BCUT2D eigenvalue weighted by Crippen LogP contribution is -2.33. The van der Waals surface area contributed by atoms with Crippen molar-refractivity contribution >= 4 is 15.9 Å². The minimum absolute atomic E-state index is 0.0866. The molecule has 0 aliphatic carbocycles. The van der Waals surface area contributed by atoms with E-state index in [1.165, 1.54) is 6.07 Å². The molecule has 0 spiro atoms. The highest BCUT2D eigenvalue weighted by molar-refractivity contribution is 7.90. The van der Waals surface area contributed by atoms with Gasteiger partial charge in [-0.2, -0.15) is 0 Å². The minimum Gasteiger partial charge on any atom is -0.497 e. The summed E-state index contributed by atoms with van der Waals surface area (Å²) in [6, 6.07) is 13.9. The lowest BCUT2D eigenvalue weighted by Gasteiger charge is -2.19. The van der Waals surface area contributed by atoms with Gasteiger partial charge in [0.25, 0.3) is 15.9 Å². The first-order valence-corrected chi connectivity index (χ1v) is 11.1. The highest BCUT2D eigenvalue weighted by Gasteiger charge is 2.40. The van der Waals surface area contributed by atoms with Crippen LogP contribution in [-0.4, -0.2) is 62.9 Å². The zero-order valence-electron chi connectivity index (χ0n) is 16.3. The fourth-order valence-electron chi connectivity index (χ4n) is 3.85. The van der Waals surface area contributed by atoms with Crippen LogP contribution in [0.2, 0.25) is 0 Å². The lowest BCUT2D eigenvalue weighted by molar-refractivity contribution is 0.0867. The normalized spacial score (nSPS) is 20.7. The van der Waals surface area contributed by atoms with Crippen LogP contribution in [0.25, 0.3) is 0 Å². The van der Waals surface area contributed by atoms with Crippen molar-refractivity contribution in [2.75, 3.05) is 33.3 Å². The summed E-state index contributed by atoms with van der Waals surface area (Å²) in [5.74, 6) is 1.11. The Hall–Kier alpha value is -2.58. The van der Waals surface area contributed by atoms with Crippen LogP contribution in [0.1, 0.15) is 23.2 Å². The molecule has 4 rings (SSSR count). The molecule has 0 saturated carbocycles. The molecule has 7 nitrogen and oxygen atoms in total. The van der Waals surface area contributed by atoms with E-state index < -0.39 is 15.9 Å². The van der Waals surface area contributed by atoms with Crippen molar-refractivity contribution in [3.63, 3.8) is 0 Å². The van der Waals surface area contributed by atoms with Crippen molar-refractivity contribution < 1.29 is 22.7 Å². The van der Waals surface area contributed by atoms with Crippen LogP contribution in [0.5, 0.6) is 11.5 Å². The van der Waals surface area contributed by atoms with Crippen molar-refractivity contribution in [3.05, 3.63) is 54.1 Å². The maximum Gasteiger partial charge on any atom is 0.269 e. The molecule has 2 aliphatic heterocycles. The number of sulfonamides is 1. The molecule has 2 aromatic carbocycles. The second-order valence-corrected chi connectivity index (χ2v) is 9.07. The summed E-state index contributed by atoms with van der Waals surface area (Å²) in [6.07, 6.45) is 1.58. The Bertz CT molecular complexity index is 1010. The topological polar surface area (TPSA) is 76.2 Å². The average Bonchev–Trinajstić information content (AvgIpc) is 3.24. The Morgan fingerprint density at radius 3 is 2.66 bits per heavy atom. The van der Waals surface area contributed by atoms with Crippen LogP contribution in [0.15, 0.2) is 53.4 Å². The predicted molar refractivity (Wildman–Crippen MR) is 108 cm³/mol. The van der Waals surface area contributed by atoms with Gasteiger partial charge in [0.1, 0.15) is 22.5 Å². The van der Waals surface area contributed by atoms with Gasteiger partial charge in [-0.05, 0) is 37.1 Å². The van der Waals surface area contributed by atoms with E-state index in [1.54, 1.807) is 25.3 Å². The van der Waals surface area contributed by atoms with Gasteiger partial charge in [-0.3, -0.25) is 9.69 Å². The molecule has 1 atom stereocenters. The number of amides is 1. The molecular formula is C21H24N2O5S. The van der Waals surface area contributed by atoms with Crippen LogP contribution in [0.3, 0.4) is 0 Å². The third-order valence-corrected chi connectivity index (χ3v) is 7.16. The second-order valence-electron chi connectivity index (χ2n) is 7.24. The number of nitrogens with zero attached hydrogens (tertiary/aromatic N) is 2. The summed E-state index contributed by atoms with van der Waals surface area (Å²) in [4.78, 5) is 14.8. The summed E-state index contributed by atoms with van der Waals surface area (Å²) in [5, 5.41) is 0. The van der Waals surface area contributed by atoms with E-state index in [0.717, 1.165) is 35.3 Å². The van der Waals surface area contributed by atoms with Gasteiger partial charge < -0.3 is 9.47 Å². The first kappa shape index (κ1) is 19.7. The van der Waals surface area contributed by atoms with Gasteiger partial charge in [0, 0.05) is 32.2 Å². The number of hydrogen-bond acceptors (Lipinski definition) is 6. The molecule has 154 valence electrons. The number of hydrogen-bond donors (Lipinski definition) is 0. The van der Waals surface area contributed by atoms with Gasteiger partial charge >= 0.3 is 0 Å². The maximum atomic E-state index is 12.6. The van der Waals surface area contributed by atoms with E-state index in [-0.39, 0.29) is 23.1 Å². The maximum absolute atomic E-state index is 12.6. The van der Waals surface area contributed by atoms with Crippen molar-refractivity contribution in [2.45, 2.75) is 23.8 Å². The molecule has 0 aromatic heterocycles. The van der Waals surface area contributed by atoms with Crippen molar-refractivity contribution in [1.29, 1.82) is 0 Å². The molecule has 2 heterocycles. The standard InChI is InChI=1S/C21H24N2O5S/c1-27-16-6-4-7-17(14-16)28-18-10-13-22(15-18)11-5-12-23-21(24)19-8-2-3-9-20(19)29(23,25)26/h2-4,6-9,14,18H,5,10-13,15H2,1H3. The quantitative estimate of drug-likeness (QED) is 0.690. The van der Waals surface area contributed by atoms with E-state index in [2.05, 4.69) is 4.90 Å². The third kappa shape index (κ3) is 3.95. The van der Waals surface area contributed by atoms with Gasteiger partial charge in [0.05, 0.1) is 12.7 Å². The second kappa shape index (κ2) is 8.04. The number of benzene rings is 2. The average molecular weight is 416 g/mol. The smallest absolute Gasteiger partial charge is 0.269 e. The van der Waals surface area contributed by atoms with E-state index in [0.29, 0.717) is 13.0 Å².